The van der Waals surface area contributed by atoms with Crippen molar-refractivity contribution in [1.29, 1.82) is 0 Å². The fraction of sp³-hybridized carbons (Fsp3) is 0.409. The molecule has 0 amide bonds. The topological polar surface area (TPSA) is 46.5 Å². The predicted molar refractivity (Wildman–Crippen MR) is 99.3 cm³/mol. The molecule has 0 spiro atoms. The zero-order valence-electron chi connectivity index (χ0n) is 15.6. The van der Waals surface area contributed by atoms with Crippen LogP contribution in [0.4, 0.5) is 0 Å². The maximum absolute atomic E-state index is 13.2. The third-order valence-electron chi connectivity index (χ3n) is 6.16. The molecule has 3 heterocycles. The summed E-state index contributed by atoms with van der Waals surface area (Å²) in [5.41, 5.74) is -0.705. The monoisotopic (exact) mass is 431 g/mol. The Kier molecular flexibility index (Phi) is 5.75. The van der Waals surface area contributed by atoms with Gasteiger partial charge in [0.15, 0.2) is 6.10 Å². The second-order valence-corrected chi connectivity index (χ2v) is 7.97. The normalized spacial score (nSPS) is 26.9. The van der Waals surface area contributed by atoms with Crippen molar-refractivity contribution in [2.75, 3.05) is 26.7 Å². The largest absolute Gasteiger partial charge is 1.00 e. The molecule has 3 fully saturated rings. The van der Waals surface area contributed by atoms with E-state index in [1.807, 2.05) is 36.4 Å². The van der Waals surface area contributed by atoms with Crippen LogP contribution in [0.2, 0.25) is 0 Å². The molecule has 144 valence electrons. The number of hydrogen-bond donors (Lipinski definition) is 1. The van der Waals surface area contributed by atoms with Gasteiger partial charge in [0, 0.05) is 18.8 Å². The number of likely N-dealkylation sites (N-methyl/N-ethyl adjacent to an activating group) is 1. The van der Waals surface area contributed by atoms with Crippen molar-refractivity contribution >= 4 is 5.97 Å². The Balaban J connectivity index is 0.00000210. The molecule has 2 bridgehead atoms. The summed E-state index contributed by atoms with van der Waals surface area (Å²) in [6, 6.07) is 18.2. The van der Waals surface area contributed by atoms with Crippen LogP contribution < -0.4 is 17.0 Å². The van der Waals surface area contributed by atoms with Gasteiger partial charge in [0.05, 0.1) is 20.1 Å². The molecule has 0 radical (unpaired) electrons. The van der Waals surface area contributed by atoms with Gasteiger partial charge in [-0.2, -0.15) is 0 Å². The van der Waals surface area contributed by atoms with E-state index in [9.17, 15) is 9.90 Å². The second kappa shape index (κ2) is 7.74. The Labute approximate surface area is 171 Å². The van der Waals surface area contributed by atoms with Gasteiger partial charge in [0.25, 0.3) is 0 Å². The summed E-state index contributed by atoms with van der Waals surface area (Å²) in [5, 5.41) is 11.5. The van der Waals surface area contributed by atoms with Gasteiger partial charge in [-0.05, 0) is 11.1 Å². The quantitative estimate of drug-likeness (QED) is 0.534. The highest BCUT2D eigenvalue weighted by Crippen LogP contribution is 2.37. The number of carbonyl (C=O) groups excluding carboxylic acids is 1. The highest BCUT2D eigenvalue weighted by Gasteiger charge is 2.49. The van der Waals surface area contributed by atoms with E-state index in [0.29, 0.717) is 17.0 Å². The Morgan fingerprint density at radius 2 is 1.48 bits per heavy atom. The maximum Gasteiger partial charge on any atom is 0.348 e. The summed E-state index contributed by atoms with van der Waals surface area (Å²) < 4.78 is 6.92. The lowest BCUT2D eigenvalue weighted by atomic mass is 9.83. The van der Waals surface area contributed by atoms with Gasteiger partial charge >= 0.3 is 5.97 Å². The average molecular weight is 432 g/mol. The van der Waals surface area contributed by atoms with E-state index in [4.69, 9.17) is 4.74 Å². The number of hydrogen-bond acceptors (Lipinski definition) is 3. The van der Waals surface area contributed by atoms with Crippen molar-refractivity contribution in [3.8, 4) is 0 Å². The molecule has 1 unspecified atom stereocenters. The van der Waals surface area contributed by atoms with Crippen LogP contribution in [0.15, 0.2) is 60.7 Å². The van der Waals surface area contributed by atoms with Crippen molar-refractivity contribution in [2.45, 2.75) is 24.5 Å². The third-order valence-corrected chi connectivity index (χ3v) is 6.16. The SMILES string of the molecule is C[N@+]12CC[C@H](CC1)C(OC(=O)C(O)(c1ccccc1)c1ccccc1)C2.[Br-]. The number of rotatable bonds is 4. The summed E-state index contributed by atoms with van der Waals surface area (Å²) in [4.78, 5) is 13.2. The van der Waals surface area contributed by atoms with Crippen LogP contribution in [0.1, 0.15) is 24.0 Å². The van der Waals surface area contributed by atoms with E-state index < -0.39 is 11.6 Å². The van der Waals surface area contributed by atoms with Crippen molar-refractivity contribution in [2.24, 2.45) is 5.92 Å². The first-order valence-corrected chi connectivity index (χ1v) is 9.39. The van der Waals surface area contributed by atoms with Crippen molar-refractivity contribution in [3.63, 3.8) is 0 Å². The predicted octanol–water partition coefficient (Wildman–Crippen LogP) is -0.291. The molecule has 1 N–H and O–H groups in total. The number of halogens is 1. The van der Waals surface area contributed by atoms with E-state index in [0.717, 1.165) is 37.0 Å². The minimum atomic E-state index is -1.78. The molecule has 3 aliphatic heterocycles. The number of aliphatic hydroxyl groups is 1. The first-order valence-electron chi connectivity index (χ1n) is 9.39. The fourth-order valence-electron chi connectivity index (χ4n) is 4.47. The Bertz CT molecular complexity index is 733. The molecule has 4 nitrogen and oxygen atoms in total. The molecule has 27 heavy (non-hydrogen) atoms. The van der Waals surface area contributed by atoms with E-state index in [1.54, 1.807) is 24.3 Å². The van der Waals surface area contributed by atoms with Crippen LogP contribution in [0, 0.1) is 5.92 Å². The van der Waals surface area contributed by atoms with E-state index in [1.165, 1.54) is 0 Å². The van der Waals surface area contributed by atoms with Gasteiger partial charge in [-0.25, -0.2) is 4.79 Å². The van der Waals surface area contributed by atoms with Crippen molar-refractivity contribution < 1.29 is 36.1 Å². The lowest BCUT2D eigenvalue weighted by molar-refractivity contribution is -0.928. The zero-order valence-corrected chi connectivity index (χ0v) is 17.1. The smallest absolute Gasteiger partial charge is 0.348 e. The van der Waals surface area contributed by atoms with Gasteiger partial charge in [0.2, 0.25) is 5.60 Å². The van der Waals surface area contributed by atoms with Crippen LogP contribution >= 0.6 is 0 Å². The maximum atomic E-state index is 13.2. The van der Waals surface area contributed by atoms with E-state index in [2.05, 4.69) is 7.05 Å². The van der Waals surface area contributed by atoms with Crippen LogP contribution in [0.5, 0.6) is 0 Å². The van der Waals surface area contributed by atoms with Crippen LogP contribution in [-0.2, 0) is 15.1 Å². The molecule has 5 rings (SSSR count). The van der Waals surface area contributed by atoms with Gasteiger partial charge in [-0.3, -0.25) is 0 Å². The number of esters is 1. The fourth-order valence-corrected chi connectivity index (χ4v) is 4.47. The molecule has 1 atom stereocenters. The van der Waals surface area contributed by atoms with Crippen molar-refractivity contribution in [1.82, 2.24) is 0 Å². The highest BCUT2D eigenvalue weighted by atomic mass is 79.9. The summed E-state index contributed by atoms with van der Waals surface area (Å²) in [7, 11) is 2.23. The minimum Gasteiger partial charge on any atom is -1.00 e. The van der Waals surface area contributed by atoms with E-state index >= 15 is 0 Å². The molecule has 0 aromatic heterocycles. The summed E-state index contributed by atoms with van der Waals surface area (Å²) >= 11 is 0. The van der Waals surface area contributed by atoms with Crippen molar-refractivity contribution in [3.05, 3.63) is 71.8 Å². The first-order chi connectivity index (χ1) is 12.5. The number of piperidine rings is 3. The van der Waals surface area contributed by atoms with Gasteiger partial charge in [-0.15, -0.1) is 0 Å². The first kappa shape index (κ1) is 20.1. The number of quaternary nitrogens is 1. The second-order valence-electron chi connectivity index (χ2n) is 7.97. The summed E-state index contributed by atoms with van der Waals surface area (Å²) in [5.74, 6) is -0.157. The molecule has 0 aliphatic carbocycles. The Hall–Kier alpha value is -1.69. The lowest BCUT2D eigenvalue weighted by Crippen LogP contribution is -3.00. The molecule has 2 aromatic rings. The lowest BCUT2D eigenvalue weighted by Gasteiger charge is -2.50. The number of nitrogens with zero attached hydrogens (tertiary/aromatic N) is 1. The molecule has 3 aliphatic rings. The highest BCUT2D eigenvalue weighted by molar-refractivity contribution is 5.85. The summed E-state index contributed by atoms with van der Waals surface area (Å²) in [6.45, 7) is 3.15. The van der Waals surface area contributed by atoms with Gasteiger partial charge in [-0.1, -0.05) is 60.7 Å². The van der Waals surface area contributed by atoms with Gasteiger partial charge in [0.1, 0.15) is 6.54 Å². The molecule has 0 saturated carbocycles. The minimum absolute atomic E-state index is 0. The van der Waals surface area contributed by atoms with Crippen LogP contribution in [0.3, 0.4) is 0 Å². The number of benzene rings is 2. The number of carbonyl (C=O) groups is 1. The molecular formula is C22H26BrNO3. The molecule has 5 heteroatoms. The third kappa shape index (κ3) is 3.68. The standard InChI is InChI=1S/C22H26NO3.BrH/c1-23-14-12-17(13-15-23)20(16-23)26-21(24)22(25,18-8-4-2-5-9-18)19-10-6-3-7-11-19;/h2-11,17,20,25H,12-16H2,1H3;1H/q+1;/p-1/t17-,20?,23+;. The Morgan fingerprint density at radius 3 is 1.93 bits per heavy atom. The van der Waals surface area contributed by atoms with Crippen LogP contribution in [0.25, 0.3) is 0 Å². The molecule has 2 aromatic carbocycles. The van der Waals surface area contributed by atoms with Gasteiger partial charge < -0.3 is 31.3 Å². The molecule has 3 saturated heterocycles. The number of ether oxygens (including phenoxy) is 1. The van der Waals surface area contributed by atoms with E-state index in [-0.39, 0.29) is 23.1 Å². The summed E-state index contributed by atoms with van der Waals surface area (Å²) in [6.07, 6.45) is 2.06. The number of fused-ring (bicyclic) bond motifs is 3. The molecular weight excluding hydrogens is 406 g/mol. The Morgan fingerprint density at radius 1 is 1.00 bits per heavy atom. The zero-order chi connectivity index (χ0) is 18.2. The van der Waals surface area contributed by atoms with Crippen LogP contribution in [-0.4, -0.2) is 48.3 Å². The average Bonchev–Trinajstić information content (AvgIpc) is 2.69.